The van der Waals surface area contributed by atoms with Gasteiger partial charge in [0.25, 0.3) is 0 Å². The molecule has 1 unspecified atom stereocenters. The molecule has 0 aromatic carbocycles. The number of anilines is 1. The molecule has 1 fully saturated rings. The highest BCUT2D eigenvalue weighted by molar-refractivity contribution is 9.10. The van der Waals surface area contributed by atoms with Crippen LogP contribution in [0, 0.1) is 6.92 Å². The van der Waals surface area contributed by atoms with E-state index in [4.69, 9.17) is 4.74 Å². The zero-order valence-corrected chi connectivity index (χ0v) is 11.2. The highest BCUT2D eigenvalue weighted by Crippen LogP contribution is 2.18. The topological polar surface area (TPSA) is 38.2 Å². The lowest BCUT2D eigenvalue weighted by Gasteiger charge is -2.23. The van der Waals surface area contributed by atoms with Gasteiger partial charge in [0.1, 0.15) is 16.2 Å². The van der Waals surface area contributed by atoms with Crippen molar-refractivity contribution in [2.45, 2.75) is 26.4 Å². The van der Waals surface area contributed by atoms with E-state index < -0.39 is 0 Å². The van der Waals surface area contributed by atoms with Crippen LogP contribution >= 0.6 is 15.9 Å². The molecule has 2 heterocycles. The standard InChI is InChI=1S/C11H16BrN3O/c1-8-7-15(4-3-5-16-8)11-6-10(12)13-9(2)14-11/h6,8H,3-5,7H2,1-2H3. The predicted octanol–water partition coefficient (Wildman–Crippen LogP) is 2.16. The van der Waals surface area contributed by atoms with Gasteiger partial charge in [-0.1, -0.05) is 0 Å². The van der Waals surface area contributed by atoms with Crippen molar-refractivity contribution in [3.05, 3.63) is 16.5 Å². The van der Waals surface area contributed by atoms with Crippen molar-refractivity contribution in [1.82, 2.24) is 9.97 Å². The summed E-state index contributed by atoms with van der Waals surface area (Å²) in [6, 6.07) is 1.96. The highest BCUT2D eigenvalue weighted by atomic mass is 79.9. The molecule has 1 aliphatic heterocycles. The molecular formula is C11H16BrN3O. The summed E-state index contributed by atoms with van der Waals surface area (Å²) >= 11 is 3.41. The molecule has 0 aliphatic carbocycles. The molecule has 1 saturated heterocycles. The molecule has 0 amide bonds. The molecule has 0 saturated carbocycles. The third-order valence-corrected chi connectivity index (χ3v) is 2.98. The normalized spacial score (nSPS) is 21.9. The van der Waals surface area contributed by atoms with Crippen LogP contribution in [0.1, 0.15) is 19.2 Å². The number of aryl methyl sites for hydroxylation is 1. The van der Waals surface area contributed by atoms with Gasteiger partial charge in [-0.2, -0.15) is 0 Å². The summed E-state index contributed by atoms with van der Waals surface area (Å²) in [6.45, 7) is 6.73. The lowest BCUT2D eigenvalue weighted by molar-refractivity contribution is 0.0820. The fourth-order valence-electron chi connectivity index (χ4n) is 1.88. The third kappa shape index (κ3) is 2.92. The largest absolute Gasteiger partial charge is 0.377 e. The minimum atomic E-state index is 0.261. The molecule has 0 radical (unpaired) electrons. The number of hydrogen-bond donors (Lipinski definition) is 0. The average molecular weight is 286 g/mol. The summed E-state index contributed by atoms with van der Waals surface area (Å²) in [6.07, 6.45) is 1.31. The molecular weight excluding hydrogens is 270 g/mol. The molecule has 0 bridgehead atoms. The Balaban J connectivity index is 2.21. The third-order valence-electron chi connectivity index (χ3n) is 2.57. The van der Waals surface area contributed by atoms with Gasteiger partial charge in [0.2, 0.25) is 0 Å². The Hall–Kier alpha value is -0.680. The second kappa shape index (κ2) is 5.10. The van der Waals surface area contributed by atoms with Gasteiger partial charge in [-0.05, 0) is 36.2 Å². The van der Waals surface area contributed by atoms with Gasteiger partial charge >= 0.3 is 0 Å². The van der Waals surface area contributed by atoms with Crippen LogP contribution in [-0.4, -0.2) is 35.8 Å². The van der Waals surface area contributed by atoms with Crippen molar-refractivity contribution in [2.75, 3.05) is 24.6 Å². The Labute approximate surface area is 104 Å². The van der Waals surface area contributed by atoms with Crippen LogP contribution in [0.4, 0.5) is 5.82 Å². The summed E-state index contributed by atoms with van der Waals surface area (Å²) < 4.78 is 6.46. The first-order valence-electron chi connectivity index (χ1n) is 5.53. The van der Waals surface area contributed by atoms with Crippen molar-refractivity contribution in [2.24, 2.45) is 0 Å². The van der Waals surface area contributed by atoms with Gasteiger partial charge in [-0.15, -0.1) is 0 Å². The monoisotopic (exact) mass is 285 g/mol. The first kappa shape index (κ1) is 11.8. The molecule has 1 aliphatic rings. The molecule has 88 valence electrons. The second-order valence-corrected chi connectivity index (χ2v) is 4.89. The van der Waals surface area contributed by atoms with E-state index in [0.29, 0.717) is 0 Å². The minimum Gasteiger partial charge on any atom is -0.377 e. The zero-order valence-electron chi connectivity index (χ0n) is 9.61. The number of aromatic nitrogens is 2. The Bertz CT molecular complexity index is 352. The first-order chi connectivity index (χ1) is 7.65. The van der Waals surface area contributed by atoms with E-state index in [1.54, 1.807) is 0 Å². The maximum absolute atomic E-state index is 5.62. The van der Waals surface area contributed by atoms with Gasteiger partial charge in [0.15, 0.2) is 0 Å². The number of hydrogen-bond acceptors (Lipinski definition) is 4. The molecule has 16 heavy (non-hydrogen) atoms. The van der Waals surface area contributed by atoms with Crippen LogP contribution in [0.3, 0.4) is 0 Å². The lowest BCUT2D eigenvalue weighted by Crippen LogP contribution is -2.31. The van der Waals surface area contributed by atoms with E-state index in [0.717, 1.165) is 42.4 Å². The molecule has 1 atom stereocenters. The number of nitrogens with zero attached hydrogens (tertiary/aromatic N) is 3. The van der Waals surface area contributed by atoms with Crippen molar-refractivity contribution in [3.63, 3.8) is 0 Å². The van der Waals surface area contributed by atoms with Crippen LogP contribution in [0.2, 0.25) is 0 Å². The predicted molar refractivity (Wildman–Crippen MR) is 66.7 cm³/mol. The summed E-state index contributed by atoms with van der Waals surface area (Å²) in [5.74, 6) is 1.78. The molecule has 4 nitrogen and oxygen atoms in total. The van der Waals surface area contributed by atoms with Gasteiger partial charge in [0.05, 0.1) is 6.10 Å². The smallest absolute Gasteiger partial charge is 0.133 e. The van der Waals surface area contributed by atoms with Crippen molar-refractivity contribution in [3.8, 4) is 0 Å². The van der Waals surface area contributed by atoms with Crippen molar-refractivity contribution >= 4 is 21.7 Å². The molecule has 5 heteroatoms. The maximum atomic E-state index is 5.62. The molecule has 1 aromatic heterocycles. The van der Waals surface area contributed by atoms with Gasteiger partial charge in [0, 0.05) is 25.8 Å². The summed E-state index contributed by atoms with van der Waals surface area (Å²) in [5.41, 5.74) is 0. The van der Waals surface area contributed by atoms with Crippen LogP contribution < -0.4 is 4.90 Å². The molecule has 1 aromatic rings. The van der Waals surface area contributed by atoms with E-state index in [1.165, 1.54) is 0 Å². The lowest BCUT2D eigenvalue weighted by atomic mass is 10.3. The fourth-order valence-corrected chi connectivity index (χ4v) is 2.34. The van der Waals surface area contributed by atoms with E-state index in [-0.39, 0.29) is 6.10 Å². The number of rotatable bonds is 1. The van der Waals surface area contributed by atoms with E-state index in [9.17, 15) is 0 Å². The molecule has 0 spiro atoms. The fraction of sp³-hybridized carbons (Fsp3) is 0.636. The Kier molecular flexibility index (Phi) is 3.76. The van der Waals surface area contributed by atoms with Crippen LogP contribution in [0.15, 0.2) is 10.7 Å². The Morgan fingerprint density at radius 3 is 3.06 bits per heavy atom. The van der Waals surface area contributed by atoms with Crippen LogP contribution in [-0.2, 0) is 4.74 Å². The number of halogens is 1. The summed E-state index contributed by atoms with van der Waals surface area (Å²) in [5, 5.41) is 0. The SMILES string of the molecule is Cc1nc(Br)cc(N2CCCOC(C)C2)n1. The zero-order chi connectivity index (χ0) is 11.5. The van der Waals surface area contributed by atoms with Crippen LogP contribution in [0.5, 0.6) is 0 Å². The summed E-state index contributed by atoms with van der Waals surface area (Å²) in [4.78, 5) is 10.9. The van der Waals surface area contributed by atoms with Crippen molar-refractivity contribution < 1.29 is 4.74 Å². The molecule has 2 rings (SSSR count). The Morgan fingerprint density at radius 1 is 1.50 bits per heavy atom. The molecule has 0 N–H and O–H groups in total. The van der Waals surface area contributed by atoms with Crippen LogP contribution in [0.25, 0.3) is 0 Å². The van der Waals surface area contributed by atoms with Gasteiger partial charge in [-0.25, -0.2) is 9.97 Å². The summed E-state index contributed by atoms with van der Waals surface area (Å²) in [7, 11) is 0. The average Bonchev–Trinajstić information content (AvgIpc) is 2.41. The van der Waals surface area contributed by atoms with E-state index >= 15 is 0 Å². The maximum Gasteiger partial charge on any atom is 0.133 e. The van der Waals surface area contributed by atoms with Crippen molar-refractivity contribution in [1.29, 1.82) is 0 Å². The van der Waals surface area contributed by atoms with Gasteiger partial charge in [-0.3, -0.25) is 0 Å². The number of ether oxygens (including phenoxy) is 1. The first-order valence-corrected chi connectivity index (χ1v) is 6.32. The van der Waals surface area contributed by atoms with E-state index in [2.05, 4.69) is 37.7 Å². The highest BCUT2D eigenvalue weighted by Gasteiger charge is 2.17. The minimum absolute atomic E-state index is 0.261. The van der Waals surface area contributed by atoms with Gasteiger partial charge < -0.3 is 9.64 Å². The quantitative estimate of drug-likeness (QED) is 0.742. The second-order valence-electron chi connectivity index (χ2n) is 4.08. The Morgan fingerprint density at radius 2 is 2.31 bits per heavy atom. The van der Waals surface area contributed by atoms with E-state index in [1.807, 2.05) is 13.0 Å².